The van der Waals surface area contributed by atoms with Crippen molar-refractivity contribution in [3.63, 3.8) is 0 Å². The molecule has 0 unspecified atom stereocenters. The normalized spacial score (nSPS) is 11.1. The fourth-order valence-electron chi connectivity index (χ4n) is 2.43. The summed E-state index contributed by atoms with van der Waals surface area (Å²) in [6.07, 6.45) is 3.34. The lowest BCUT2D eigenvalue weighted by molar-refractivity contribution is -0.112. The van der Waals surface area contributed by atoms with Crippen molar-refractivity contribution in [1.29, 1.82) is 5.26 Å². The Bertz CT molecular complexity index is 1060. The Balaban J connectivity index is 1.89. The van der Waals surface area contributed by atoms with Crippen LogP contribution in [-0.2, 0) is 4.79 Å². The lowest BCUT2D eigenvalue weighted by Crippen LogP contribution is -2.14. The van der Waals surface area contributed by atoms with E-state index in [1.54, 1.807) is 30.3 Å². The number of halogens is 3. The number of hydrogen-bond acceptors (Lipinski definition) is 2. The second-order valence-corrected chi connectivity index (χ2v) is 6.81. The molecule has 2 aromatic carbocycles. The predicted octanol–water partition coefficient (Wildman–Crippen LogP) is 5.98. The number of hydrogen-bond donors (Lipinski definition) is 1. The molecule has 4 nitrogen and oxygen atoms in total. The molecule has 3 rings (SSSR count). The number of amides is 1. The number of carbonyl (C=O) groups is 1. The molecule has 0 saturated carbocycles. The minimum atomic E-state index is -0.564. The topological polar surface area (TPSA) is 57.8 Å². The number of nitrogens with one attached hydrogen (secondary N) is 1. The first-order valence-corrected chi connectivity index (χ1v) is 8.93. The second kappa shape index (κ2) is 8.32. The van der Waals surface area contributed by atoms with E-state index in [1.165, 1.54) is 12.1 Å². The van der Waals surface area contributed by atoms with Crippen LogP contribution in [0.1, 0.15) is 5.69 Å². The zero-order valence-electron chi connectivity index (χ0n) is 13.8. The molecule has 1 N–H and O–H groups in total. The van der Waals surface area contributed by atoms with Crippen molar-refractivity contribution in [1.82, 2.24) is 4.57 Å². The molecule has 1 heterocycles. The van der Waals surface area contributed by atoms with Crippen LogP contribution in [-0.4, -0.2) is 10.5 Å². The highest BCUT2D eigenvalue weighted by atomic mass is 35.5. The Kier molecular flexibility index (Phi) is 5.88. The lowest BCUT2D eigenvalue weighted by atomic mass is 10.2. The van der Waals surface area contributed by atoms with Crippen LogP contribution in [0.5, 0.6) is 0 Å². The van der Waals surface area contributed by atoms with Gasteiger partial charge in [0.15, 0.2) is 0 Å². The van der Waals surface area contributed by atoms with Crippen LogP contribution in [0, 0.1) is 11.3 Å². The number of nitriles is 1. The van der Waals surface area contributed by atoms with E-state index in [9.17, 15) is 10.1 Å². The summed E-state index contributed by atoms with van der Waals surface area (Å²) in [5.41, 5.74) is 1.84. The molecule has 0 saturated heterocycles. The molecule has 1 aromatic heterocycles. The van der Waals surface area contributed by atoms with Gasteiger partial charge in [-0.15, -0.1) is 0 Å². The Hall–Kier alpha value is -2.71. The van der Waals surface area contributed by atoms with Gasteiger partial charge < -0.3 is 9.88 Å². The summed E-state index contributed by atoms with van der Waals surface area (Å²) in [4.78, 5) is 12.5. The lowest BCUT2D eigenvalue weighted by Gasteiger charge is -2.09. The Morgan fingerprint density at radius 2 is 1.74 bits per heavy atom. The van der Waals surface area contributed by atoms with Crippen molar-refractivity contribution in [2.45, 2.75) is 0 Å². The van der Waals surface area contributed by atoms with Crippen molar-refractivity contribution in [2.24, 2.45) is 0 Å². The molecule has 0 fully saturated rings. The van der Waals surface area contributed by atoms with Crippen molar-refractivity contribution in [2.75, 3.05) is 5.32 Å². The average molecular weight is 417 g/mol. The Labute approximate surface area is 171 Å². The molecule has 134 valence electrons. The van der Waals surface area contributed by atoms with Gasteiger partial charge >= 0.3 is 0 Å². The van der Waals surface area contributed by atoms with Gasteiger partial charge in [0.1, 0.15) is 11.6 Å². The summed E-state index contributed by atoms with van der Waals surface area (Å²) in [7, 11) is 0. The second-order valence-electron chi connectivity index (χ2n) is 5.53. The van der Waals surface area contributed by atoms with Gasteiger partial charge in [-0.05, 0) is 60.7 Å². The van der Waals surface area contributed by atoms with E-state index in [0.29, 0.717) is 21.4 Å². The van der Waals surface area contributed by atoms with Crippen molar-refractivity contribution in [3.8, 4) is 11.8 Å². The van der Waals surface area contributed by atoms with E-state index in [0.717, 1.165) is 5.69 Å². The molecule has 0 aliphatic rings. The molecule has 3 aromatic rings. The zero-order chi connectivity index (χ0) is 19.4. The van der Waals surface area contributed by atoms with Crippen molar-refractivity contribution < 1.29 is 4.79 Å². The van der Waals surface area contributed by atoms with Crippen LogP contribution in [0.4, 0.5) is 5.69 Å². The summed E-state index contributed by atoms with van der Waals surface area (Å²) < 4.78 is 1.84. The fourth-order valence-corrected chi connectivity index (χ4v) is 3.01. The van der Waals surface area contributed by atoms with Gasteiger partial charge in [-0.25, -0.2) is 0 Å². The minimum absolute atomic E-state index is 0.0602. The standard InChI is InChI=1S/C20H12Cl3N3O/c21-14-3-6-16(7-4-14)26-9-1-2-17(26)10-13(12-24)20(27)25-19-8-5-15(22)11-18(19)23/h1-11H,(H,25,27). The molecule has 0 spiro atoms. The first-order chi connectivity index (χ1) is 13.0. The molecule has 0 aliphatic heterocycles. The molecule has 0 aliphatic carbocycles. The Morgan fingerprint density at radius 1 is 1.04 bits per heavy atom. The van der Waals surface area contributed by atoms with Crippen LogP contribution < -0.4 is 5.32 Å². The highest BCUT2D eigenvalue weighted by Gasteiger charge is 2.13. The molecule has 0 bridgehead atoms. The van der Waals surface area contributed by atoms with Crippen LogP contribution in [0.3, 0.4) is 0 Å². The highest BCUT2D eigenvalue weighted by molar-refractivity contribution is 6.37. The monoisotopic (exact) mass is 415 g/mol. The van der Waals surface area contributed by atoms with Crippen molar-refractivity contribution in [3.05, 3.63) is 87.1 Å². The SMILES string of the molecule is N#CC(=Cc1cccn1-c1ccc(Cl)cc1)C(=O)Nc1ccc(Cl)cc1Cl. The number of aromatic nitrogens is 1. The van der Waals surface area contributed by atoms with E-state index in [-0.39, 0.29) is 10.6 Å². The third kappa shape index (κ3) is 4.53. The zero-order valence-corrected chi connectivity index (χ0v) is 16.1. The minimum Gasteiger partial charge on any atom is -0.320 e. The van der Waals surface area contributed by atoms with Gasteiger partial charge in [0.25, 0.3) is 5.91 Å². The van der Waals surface area contributed by atoms with E-state index in [2.05, 4.69) is 5.32 Å². The molecule has 27 heavy (non-hydrogen) atoms. The fraction of sp³-hybridized carbons (Fsp3) is 0. The van der Waals surface area contributed by atoms with Crippen LogP contribution in [0.2, 0.25) is 15.1 Å². The van der Waals surface area contributed by atoms with E-state index in [1.807, 2.05) is 35.0 Å². The number of anilines is 1. The summed E-state index contributed by atoms with van der Waals surface area (Å²) >= 11 is 17.8. The summed E-state index contributed by atoms with van der Waals surface area (Å²) in [5, 5.41) is 13.4. The molecule has 0 atom stereocenters. The summed E-state index contributed by atoms with van der Waals surface area (Å²) in [5.74, 6) is -0.564. The van der Waals surface area contributed by atoms with E-state index in [4.69, 9.17) is 34.8 Å². The third-order valence-electron chi connectivity index (χ3n) is 3.72. The molecular formula is C20H12Cl3N3O. The quantitative estimate of drug-likeness (QED) is 0.420. The maximum Gasteiger partial charge on any atom is 0.266 e. The first kappa shape index (κ1) is 19.1. The van der Waals surface area contributed by atoms with Gasteiger partial charge in [-0.1, -0.05) is 34.8 Å². The van der Waals surface area contributed by atoms with Gasteiger partial charge in [-0.2, -0.15) is 5.26 Å². The predicted molar refractivity (Wildman–Crippen MR) is 109 cm³/mol. The maximum absolute atomic E-state index is 12.5. The molecule has 0 radical (unpaired) electrons. The Morgan fingerprint density at radius 3 is 2.41 bits per heavy atom. The van der Waals surface area contributed by atoms with E-state index >= 15 is 0 Å². The highest BCUT2D eigenvalue weighted by Crippen LogP contribution is 2.26. The van der Waals surface area contributed by atoms with Crippen LogP contribution in [0.25, 0.3) is 11.8 Å². The molecule has 7 heteroatoms. The smallest absolute Gasteiger partial charge is 0.266 e. The van der Waals surface area contributed by atoms with Crippen molar-refractivity contribution >= 4 is 52.5 Å². The van der Waals surface area contributed by atoms with Gasteiger partial charge in [-0.3, -0.25) is 4.79 Å². The molecular weight excluding hydrogens is 405 g/mol. The van der Waals surface area contributed by atoms with Crippen LogP contribution >= 0.6 is 34.8 Å². The van der Waals surface area contributed by atoms with Gasteiger partial charge in [0, 0.05) is 27.6 Å². The average Bonchev–Trinajstić information content (AvgIpc) is 3.10. The summed E-state index contributed by atoms with van der Waals surface area (Å²) in [6.45, 7) is 0. The third-order valence-corrected chi connectivity index (χ3v) is 4.52. The van der Waals surface area contributed by atoms with Gasteiger partial charge in [0.2, 0.25) is 0 Å². The number of carbonyl (C=O) groups excluding carboxylic acids is 1. The van der Waals surface area contributed by atoms with Crippen LogP contribution in [0.15, 0.2) is 66.4 Å². The largest absolute Gasteiger partial charge is 0.320 e. The van der Waals surface area contributed by atoms with E-state index < -0.39 is 5.91 Å². The number of benzene rings is 2. The number of nitrogens with zero attached hydrogens (tertiary/aromatic N) is 2. The first-order valence-electron chi connectivity index (χ1n) is 7.79. The maximum atomic E-state index is 12.5. The number of rotatable bonds is 4. The summed E-state index contributed by atoms with van der Waals surface area (Å²) in [6, 6.07) is 17.5. The van der Waals surface area contributed by atoms with Gasteiger partial charge in [0.05, 0.1) is 10.7 Å². The molecule has 1 amide bonds.